The summed E-state index contributed by atoms with van der Waals surface area (Å²) in [5.41, 5.74) is 1.43. The summed E-state index contributed by atoms with van der Waals surface area (Å²) in [6.07, 6.45) is 4.49. The van der Waals surface area contributed by atoms with Gasteiger partial charge in [0.05, 0.1) is 16.8 Å². The lowest BCUT2D eigenvalue weighted by Crippen LogP contribution is -2.15. The first-order valence-corrected chi connectivity index (χ1v) is 9.18. The fourth-order valence-corrected chi connectivity index (χ4v) is 3.31. The van der Waals surface area contributed by atoms with E-state index in [1.54, 1.807) is 28.8 Å². The third-order valence-electron chi connectivity index (χ3n) is 3.71. The summed E-state index contributed by atoms with van der Waals surface area (Å²) in [6, 6.07) is 10.2. The average molecular weight is 357 g/mol. The highest BCUT2D eigenvalue weighted by Crippen LogP contribution is 2.24. The molecule has 2 aromatic heterocycles. The van der Waals surface area contributed by atoms with Crippen molar-refractivity contribution in [2.24, 2.45) is 0 Å². The van der Waals surface area contributed by atoms with Gasteiger partial charge in [0.2, 0.25) is 0 Å². The molecule has 0 bridgehead atoms. The number of aromatic nitrogens is 4. The zero-order chi connectivity index (χ0) is 18.1. The van der Waals surface area contributed by atoms with Crippen LogP contribution in [0.15, 0.2) is 60.1 Å². The molecule has 0 amide bonds. The number of nitrogens with zero attached hydrogens (tertiary/aromatic N) is 4. The van der Waals surface area contributed by atoms with Gasteiger partial charge in [0.15, 0.2) is 0 Å². The largest absolute Gasteiger partial charge is 0.278 e. The van der Waals surface area contributed by atoms with Gasteiger partial charge in [-0.3, -0.25) is 9.29 Å². The molecule has 0 spiro atoms. The van der Waals surface area contributed by atoms with Crippen molar-refractivity contribution in [3.05, 3.63) is 60.8 Å². The smallest absolute Gasteiger partial charge is 0.261 e. The zero-order valence-corrected chi connectivity index (χ0v) is 15.0. The van der Waals surface area contributed by atoms with E-state index in [0.717, 1.165) is 5.56 Å². The van der Waals surface area contributed by atoms with Gasteiger partial charge in [-0.1, -0.05) is 32.9 Å². The number of sulfonamides is 1. The minimum absolute atomic E-state index is 0.0301. The van der Waals surface area contributed by atoms with Crippen LogP contribution in [0.2, 0.25) is 0 Å². The van der Waals surface area contributed by atoms with E-state index in [9.17, 15) is 8.42 Å². The molecule has 0 radical (unpaired) electrons. The van der Waals surface area contributed by atoms with Gasteiger partial charge < -0.3 is 0 Å². The fourth-order valence-electron chi connectivity index (χ4n) is 2.27. The molecule has 0 unspecified atom stereocenters. The van der Waals surface area contributed by atoms with Crippen LogP contribution < -0.4 is 4.72 Å². The van der Waals surface area contributed by atoms with Crippen LogP contribution in [0.4, 0.5) is 5.69 Å². The summed E-state index contributed by atoms with van der Waals surface area (Å²) in [7, 11) is -3.66. The lowest BCUT2D eigenvalue weighted by atomic mass is 9.87. The summed E-state index contributed by atoms with van der Waals surface area (Å²) < 4.78 is 29.2. The molecule has 0 saturated carbocycles. The second-order valence-corrected chi connectivity index (χ2v) is 8.34. The number of benzene rings is 1. The van der Waals surface area contributed by atoms with Gasteiger partial charge in [-0.15, -0.1) is 10.2 Å². The van der Waals surface area contributed by atoms with Crippen LogP contribution in [0.5, 0.6) is 0 Å². The molecule has 7 nitrogen and oxygen atoms in total. The lowest BCUT2D eigenvalue weighted by molar-refractivity contribution is 0.587. The molecule has 1 N–H and O–H groups in total. The van der Waals surface area contributed by atoms with Gasteiger partial charge in [0, 0.05) is 0 Å². The third-order valence-corrected chi connectivity index (χ3v) is 5.11. The first kappa shape index (κ1) is 17.1. The van der Waals surface area contributed by atoms with Crippen LogP contribution in [-0.4, -0.2) is 28.2 Å². The highest BCUT2D eigenvalue weighted by atomic mass is 32.2. The standard InChI is InChI=1S/C17H19N5O2S/c1-17(2,3)13-4-7-15(8-5-13)25(23,24)21-14-6-9-16(18-10-14)22-11-19-20-12-22/h4-12,21H,1-3H3. The maximum atomic E-state index is 12.5. The molecular formula is C17H19N5O2S. The average Bonchev–Trinajstić information content (AvgIpc) is 3.09. The Morgan fingerprint density at radius 1 is 0.960 bits per heavy atom. The molecule has 0 aliphatic rings. The predicted octanol–water partition coefficient (Wildman–Crippen LogP) is 2.76. The monoisotopic (exact) mass is 357 g/mol. The van der Waals surface area contributed by atoms with Gasteiger partial charge in [-0.25, -0.2) is 13.4 Å². The topological polar surface area (TPSA) is 89.8 Å². The van der Waals surface area contributed by atoms with Crippen molar-refractivity contribution < 1.29 is 8.42 Å². The maximum Gasteiger partial charge on any atom is 0.261 e. The van der Waals surface area contributed by atoms with Crippen molar-refractivity contribution in [1.29, 1.82) is 0 Å². The fraction of sp³-hybridized carbons (Fsp3) is 0.235. The zero-order valence-electron chi connectivity index (χ0n) is 14.2. The quantitative estimate of drug-likeness (QED) is 0.775. The highest BCUT2D eigenvalue weighted by Gasteiger charge is 2.17. The normalized spacial score (nSPS) is 12.1. The molecule has 1 aromatic carbocycles. The van der Waals surface area contributed by atoms with E-state index < -0.39 is 10.0 Å². The Morgan fingerprint density at radius 3 is 2.12 bits per heavy atom. The minimum atomic E-state index is -3.66. The van der Waals surface area contributed by atoms with Crippen molar-refractivity contribution in [3.8, 4) is 5.82 Å². The van der Waals surface area contributed by atoms with E-state index >= 15 is 0 Å². The van der Waals surface area contributed by atoms with Crippen LogP contribution in [0.1, 0.15) is 26.3 Å². The van der Waals surface area contributed by atoms with Gasteiger partial charge >= 0.3 is 0 Å². The van der Waals surface area contributed by atoms with Crippen LogP contribution >= 0.6 is 0 Å². The molecule has 2 heterocycles. The number of rotatable bonds is 4. The van der Waals surface area contributed by atoms with Crippen molar-refractivity contribution in [3.63, 3.8) is 0 Å². The maximum absolute atomic E-state index is 12.5. The Morgan fingerprint density at radius 2 is 1.60 bits per heavy atom. The number of hydrogen-bond acceptors (Lipinski definition) is 5. The van der Waals surface area contributed by atoms with E-state index in [-0.39, 0.29) is 10.3 Å². The number of hydrogen-bond donors (Lipinski definition) is 1. The summed E-state index contributed by atoms with van der Waals surface area (Å²) in [5, 5.41) is 7.41. The van der Waals surface area contributed by atoms with Crippen molar-refractivity contribution in [2.45, 2.75) is 31.1 Å². The number of nitrogens with one attached hydrogen (secondary N) is 1. The Balaban J connectivity index is 1.79. The Kier molecular flexibility index (Phi) is 4.30. The Bertz CT molecular complexity index is 942. The highest BCUT2D eigenvalue weighted by molar-refractivity contribution is 7.92. The number of pyridine rings is 1. The Hall–Kier alpha value is -2.74. The van der Waals surface area contributed by atoms with Crippen LogP contribution in [0.3, 0.4) is 0 Å². The van der Waals surface area contributed by atoms with Crippen LogP contribution in [0.25, 0.3) is 5.82 Å². The number of anilines is 1. The first-order chi connectivity index (χ1) is 11.8. The van der Waals surface area contributed by atoms with E-state index in [4.69, 9.17) is 0 Å². The van der Waals surface area contributed by atoms with Crippen molar-refractivity contribution in [1.82, 2.24) is 19.7 Å². The summed E-state index contributed by atoms with van der Waals surface area (Å²) in [4.78, 5) is 4.41. The molecule has 0 saturated heterocycles. The molecule has 0 fully saturated rings. The van der Waals surface area contributed by atoms with Crippen LogP contribution in [-0.2, 0) is 15.4 Å². The molecule has 25 heavy (non-hydrogen) atoms. The van der Waals surface area contributed by atoms with E-state index in [1.807, 2.05) is 12.1 Å². The van der Waals surface area contributed by atoms with Gasteiger partial charge in [0.25, 0.3) is 10.0 Å². The molecular weight excluding hydrogens is 338 g/mol. The van der Waals surface area contributed by atoms with E-state index in [1.165, 1.54) is 18.9 Å². The lowest BCUT2D eigenvalue weighted by Gasteiger charge is -2.19. The third kappa shape index (κ3) is 3.85. The molecule has 3 aromatic rings. The van der Waals surface area contributed by atoms with E-state index in [0.29, 0.717) is 11.5 Å². The van der Waals surface area contributed by atoms with Gasteiger partial charge in [-0.05, 0) is 35.2 Å². The molecule has 0 aliphatic heterocycles. The molecule has 8 heteroatoms. The second-order valence-electron chi connectivity index (χ2n) is 6.65. The molecule has 0 aliphatic carbocycles. The van der Waals surface area contributed by atoms with Crippen molar-refractivity contribution in [2.75, 3.05) is 4.72 Å². The first-order valence-electron chi connectivity index (χ1n) is 7.70. The second kappa shape index (κ2) is 6.29. The summed E-state index contributed by atoms with van der Waals surface area (Å²) in [6.45, 7) is 6.24. The van der Waals surface area contributed by atoms with E-state index in [2.05, 4.69) is 40.7 Å². The Labute approximate surface area is 146 Å². The van der Waals surface area contributed by atoms with Gasteiger partial charge in [0.1, 0.15) is 18.5 Å². The molecule has 0 atom stereocenters. The predicted molar refractivity (Wildman–Crippen MR) is 95.1 cm³/mol. The van der Waals surface area contributed by atoms with Crippen LogP contribution in [0, 0.1) is 0 Å². The summed E-state index contributed by atoms with van der Waals surface area (Å²) in [5.74, 6) is 0.600. The molecule has 130 valence electrons. The summed E-state index contributed by atoms with van der Waals surface area (Å²) >= 11 is 0. The van der Waals surface area contributed by atoms with Gasteiger partial charge in [-0.2, -0.15) is 0 Å². The minimum Gasteiger partial charge on any atom is -0.278 e. The SMILES string of the molecule is CC(C)(C)c1ccc(S(=O)(=O)Nc2ccc(-n3cnnc3)nc2)cc1. The van der Waals surface area contributed by atoms with Crippen molar-refractivity contribution >= 4 is 15.7 Å². The molecule has 3 rings (SSSR count).